The maximum absolute atomic E-state index is 12.8. The van der Waals surface area contributed by atoms with E-state index in [1.807, 2.05) is 73.3 Å². The SMILES string of the molecule is CC(C)C(C)NC(=O)c1cc(-c2cccn2C)nn1-c1ccccc1. The molecule has 1 unspecified atom stereocenters. The van der Waals surface area contributed by atoms with Gasteiger partial charge >= 0.3 is 0 Å². The number of amides is 1. The van der Waals surface area contributed by atoms with E-state index in [-0.39, 0.29) is 11.9 Å². The zero-order valence-electron chi connectivity index (χ0n) is 15.1. The van der Waals surface area contributed by atoms with E-state index in [9.17, 15) is 4.79 Å². The van der Waals surface area contributed by atoms with Crippen LogP contribution in [0.25, 0.3) is 17.1 Å². The van der Waals surface area contributed by atoms with Gasteiger partial charge in [0.25, 0.3) is 5.91 Å². The number of benzene rings is 1. The van der Waals surface area contributed by atoms with Crippen molar-refractivity contribution >= 4 is 5.91 Å². The summed E-state index contributed by atoms with van der Waals surface area (Å²) in [7, 11) is 1.97. The maximum atomic E-state index is 12.8. The largest absolute Gasteiger partial charge is 0.349 e. The molecule has 3 rings (SSSR count). The van der Waals surface area contributed by atoms with E-state index in [0.29, 0.717) is 11.6 Å². The second kappa shape index (κ2) is 6.97. The van der Waals surface area contributed by atoms with Gasteiger partial charge in [0.15, 0.2) is 0 Å². The summed E-state index contributed by atoms with van der Waals surface area (Å²) in [5.41, 5.74) is 3.15. The highest BCUT2D eigenvalue weighted by atomic mass is 16.2. The molecule has 0 saturated carbocycles. The third-order valence-corrected chi connectivity index (χ3v) is 4.51. The summed E-state index contributed by atoms with van der Waals surface area (Å²) >= 11 is 0. The van der Waals surface area contributed by atoms with Gasteiger partial charge in [-0.2, -0.15) is 5.10 Å². The quantitative estimate of drug-likeness (QED) is 0.773. The molecular formula is C20H24N4O. The third-order valence-electron chi connectivity index (χ3n) is 4.51. The number of aryl methyl sites for hydroxylation is 1. The van der Waals surface area contributed by atoms with E-state index in [1.54, 1.807) is 4.68 Å². The van der Waals surface area contributed by atoms with Gasteiger partial charge in [-0.15, -0.1) is 0 Å². The van der Waals surface area contributed by atoms with Crippen LogP contribution in [0.2, 0.25) is 0 Å². The molecule has 25 heavy (non-hydrogen) atoms. The first kappa shape index (κ1) is 17.0. The van der Waals surface area contributed by atoms with Crippen molar-refractivity contribution in [2.24, 2.45) is 13.0 Å². The molecule has 1 aromatic carbocycles. The summed E-state index contributed by atoms with van der Waals surface area (Å²) in [5.74, 6) is 0.252. The lowest BCUT2D eigenvalue weighted by Gasteiger charge is -2.17. The molecule has 130 valence electrons. The van der Waals surface area contributed by atoms with Gasteiger partial charge in [0.2, 0.25) is 0 Å². The monoisotopic (exact) mass is 336 g/mol. The molecule has 0 aliphatic rings. The molecule has 0 radical (unpaired) electrons. The lowest BCUT2D eigenvalue weighted by molar-refractivity contribution is 0.0922. The van der Waals surface area contributed by atoms with Crippen LogP contribution in [0.3, 0.4) is 0 Å². The van der Waals surface area contributed by atoms with Crippen molar-refractivity contribution in [3.05, 3.63) is 60.4 Å². The van der Waals surface area contributed by atoms with Crippen molar-refractivity contribution in [1.82, 2.24) is 19.7 Å². The number of carbonyl (C=O) groups excluding carboxylic acids is 1. The molecule has 2 aromatic heterocycles. The molecule has 0 bridgehead atoms. The van der Waals surface area contributed by atoms with E-state index in [4.69, 9.17) is 5.10 Å². The molecule has 0 saturated heterocycles. The van der Waals surface area contributed by atoms with Crippen molar-refractivity contribution in [3.63, 3.8) is 0 Å². The van der Waals surface area contributed by atoms with Crippen molar-refractivity contribution in [2.75, 3.05) is 0 Å². The lowest BCUT2D eigenvalue weighted by atomic mass is 10.1. The minimum atomic E-state index is -0.113. The average Bonchev–Trinajstić information content (AvgIpc) is 3.21. The summed E-state index contributed by atoms with van der Waals surface area (Å²) in [4.78, 5) is 12.8. The highest BCUT2D eigenvalue weighted by Gasteiger charge is 2.20. The van der Waals surface area contributed by atoms with Crippen molar-refractivity contribution < 1.29 is 4.79 Å². The Bertz CT molecular complexity index is 861. The predicted molar refractivity (Wildman–Crippen MR) is 99.7 cm³/mol. The molecule has 1 N–H and O–H groups in total. The van der Waals surface area contributed by atoms with Gasteiger partial charge in [-0.1, -0.05) is 32.0 Å². The van der Waals surface area contributed by atoms with Crippen molar-refractivity contribution in [3.8, 4) is 17.1 Å². The number of hydrogen-bond donors (Lipinski definition) is 1. The van der Waals surface area contributed by atoms with Crippen LogP contribution in [0, 0.1) is 5.92 Å². The van der Waals surface area contributed by atoms with Crippen LogP contribution in [0.15, 0.2) is 54.7 Å². The van der Waals surface area contributed by atoms with E-state index >= 15 is 0 Å². The van der Waals surface area contributed by atoms with Gasteiger partial charge in [0.1, 0.15) is 11.4 Å². The molecule has 3 aromatic rings. The first-order chi connectivity index (χ1) is 12.0. The van der Waals surface area contributed by atoms with E-state index in [2.05, 4.69) is 19.2 Å². The number of rotatable bonds is 5. The molecular weight excluding hydrogens is 312 g/mol. The van der Waals surface area contributed by atoms with Gasteiger partial charge in [0.05, 0.1) is 11.4 Å². The zero-order valence-corrected chi connectivity index (χ0v) is 15.1. The molecule has 0 fully saturated rings. The molecule has 5 nitrogen and oxygen atoms in total. The van der Waals surface area contributed by atoms with E-state index < -0.39 is 0 Å². The number of nitrogens with zero attached hydrogens (tertiary/aromatic N) is 3. The summed E-state index contributed by atoms with van der Waals surface area (Å²) in [6.45, 7) is 6.20. The Balaban J connectivity index is 2.05. The standard InChI is InChI=1S/C20H24N4O/c1-14(2)15(3)21-20(25)19-13-17(18-11-8-12-23(18)4)22-24(19)16-9-6-5-7-10-16/h5-15H,1-4H3,(H,21,25). The Morgan fingerprint density at radius 1 is 1.08 bits per heavy atom. The topological polar surface area (TPSA) is 51.9 Å². The number of nitrogens with one attached hydrogen (secondary N) is 1. The van der Waals surface area contributed by atoms with Gasteiger partial charge in [-0.3, -0.25) is 4.79 Å². The highest BCUT2D eigenvalue weighted by molar-refractivity contribution is 5.94. The lowest BCUT2D eigenvalue weighted by Crippen LogP contribution is -2.37. The Morgan fingerprint density at radius 2 is 1.80 bits per heavy atom. The van der Waals surface area contributed by atoms with Gasteiger partial charge < -0.3 is 9.88 Å². The van der Waals surface area contributed by atoms with Gasteiger partial charge in [-0.25, -0.2) is 4.68 Å². The second-order valence-electron chi connectivity index (χ2n) is 6.67. The fourth-order valence-electron chi connectivity index (χ4n) is 2.61. The molecule has 0 aliphatic carbocycles. The molecule has 1 amide bonds. The van der Waals surface area contributed by atoms with Gasteiger partial charge in [-0.05, 0) is 43.2 Å². The van der Waals surface area contributed by atoms with E-state index in [1.165, 1.54) is 0 Å². The number of hydrogen-bond acceptors (Lipinski definition) is 2. The highest BCUT2D eigenvalue weighted by Crippen LogP contribution is 2.22. The predicted octanol–water partition coefficient (Wildman–Crippen LogP) is 3.65. The zero-order chi connectivity index (χ0) is 18.0. The Kier molecular flexibility index (Phi) is 4.74. The fraction of sp³-hybridized carbons (Fsp3) is 0.300. The Hall–Kier alpha value is -2.82. The average molecular weight is 336 g/mol. The third kappa shape index (κ3) is 3.50. The number of para-hydroxylation sites is 1. The van der Waals surface area contributed by atoms with E-state index in [0.717, 1.165) is 17.1 Å². The summed E-state index contributed by atoms with van der Waals surface area (Å²) in [5, 5.41) is 7.76. The fourth-order valence-corrected chi connectivity index (χ4v) is 2.61. The minimum Gasteiger partial charge on any atom is -0.349 e. The van der Waals surface area contributed by atoms with Crippen LogP contribution in [-0.2, 0) is 7.05 Å². The van der Waals surface area contributed by atoms with Crippen LogP contribution >= 0.6 is 0 Å². The summed E-state index contributed by atoms with van der Waals surface area (Å²) in [6.07, 6.45) is 1.97. The first-order valence-electron chi connectivity index (χ1n) is 8.55. The van der Waals surface area contributed by atoms with Crippen molar-refractivity contribution in [2.45, 2.75) is 26.8 Å². The van der Waals surface area contributed by atoms with Gasteiger partial charge in [0, 0.05) is 19.3 Å². The van der Waals surface area contributed by atoms with Crippen LogP contribution in [0.5, 0.6) is 0 Å². The smallest absolute Gasteiger partial charge is 0.270 e. The minimum absolute atomic E-state index is 0.0881. The molecule has 1 atom stereocenters. The molecule has 5 heteroatoms. The second-order valence-corrected chi connectivity index (χ2v) is 6.67. The summed E-state index contributed by atoms with van der Waals surface area (Å²) < 4.78 is 3.71. The number of carbonyl (C=O) groups is 1. The summed E-state index contributed by atoms with van der Waals surface area (Å²) in [6, 6.07) is 15.6. The van der Waals surface area contributed by atoms with Crippen LogP contribution < -0.4 is 5.32 Å². The normalized spacial score (nSPS) is 12.4. The maximum Gasteiger partial charge on any atom is 0.270 e. The van der Waals surface area contributed by atoms with Crippen LogP contribution in [0.4, 0.5) is 0 Å². The Morgan fingerprint density at radius 3 is 2.40 bits per heavy atom. The molecule has 0 aliphatic heterocycles. The van der Waals surface area contributed by atoms with Crippen molar-refractivity contribution in [1.29, 1.82) is 0 Å². The van der Waals surface area contributed by atoms with Crippen LogP contribution in [-0.4, -0.2) is 26.3 Å². The number of aromatic nitrogens is 3. The first-order valence-corrected chi connectivity index (χ1v) is 8.55. The molecule has 2 heterocycles. The molecule has 0 spiro atoms. The Labute approximate surface area is 148 Å². The van der Waals surface area contributed by atoms with Crippen LogP contribution in [0.1, 0.15) is 31.3 Å².